The lowest BCUT2D eigenvalue weighted by molar-refractivity contribution is -0.122. The normalized spacial score (nSPS) is 15.7. The molecule has 0 radical (unpaired) electrons. The summed E-state index contributed by atoms with van der Waals surface area (Å²) in [6, 6.07) is 9.42. The van der Waals surface area contributed by atoms with Crippen molar-refractivity contribution in [3.63, 3.8) is 0 Å². The van der Waals surface area contributed by atoms with Crippen molar-refractivity contribution in [3.8, 4) is 0 Å². The average Bonchev–Trinajstić information content (AvgIpc) is 3.41. The largest absolute Gasteiger partial charge is 0.354 e. The molecular formula is C17H17ClN2O3S. The van der Waals surface area contributed by atoms with Crippen LogP contribution in [0.15, 0.2) is 53.7 Å². The van der Waals surface area contributed by atoms with Gasteiger partial charge < -0.3 is 5.32 Å². The van der Waals surface area contributed by atoms with Gasteiger partial charge in [0.15, 0.2) is 9.84 Å². The van der Waals surface area contributed by atoms with E-state index in [1.54, 1.807) is 18.3 Å². The van der Waals surface area contributed by atoms with E-state index >= 15 is 0 Å². The fourth-order valence-electron chi connectivity index (χ4n) is 2.44. The lowest BCUT2D eigenvalue weighted by Gasteiger charge is -2.18. The van der Waals surface area contributed by atoms with Crippen LogP contribution in [-0.2, 0) is 14.6 Å². The molecule has 0 aliphatic heterocycles. The van der Waals surface area contributed by atoms with Crippen molar-refractivity contribution in [1.82, 2.24) is 10.3 Å². The zero-order chi connectivity index (χ0) is 17.2. The molecule has 126 valence electrons. The van der Waals surface area contributed by atoms with E-state index in [4.69, 9.17) is 11.6 Å². The Labute approximate surface area is 146 Å². The lowest BCUT2D eigenvalue weighted by atomic mass is 10.2. The summed E-state index contributed by atoms with van der Waals surface area (Å²) in [6.07, 6.45) is 4.83. The highest BCUT2D eigenvalue weighted by atomic mass is 35.5. The number of amides is 1. The molecule has 0 saturated heterocycles. The molecule has 1 aliphatic carbocycles. The maximum Gasteiger partial charge on any atom is 0.223 e. The van der Waals surface area contributed by atoms with E-state index in [9.17, 15) is 13.2 Å². The Hall–Kier alpha value is -1.92. The van der Waals surface area contributed by atoms with Gasteiger partial charge in [-0.3, -0.25) is 9.78 Å². The fourth-order valence-corrected chi connectivity index (χ4v) is 4.22. The summed E-state index contributed by atoms with van der Waals surface area (Å²) >= 11 is 5.84. The zero-order valence-electron chi connectivity index (χ0n) is 12.9. The number of carbonyl (C=O) groups is 1. The molecule has 1 aromatic heterocycles. The number of pyridine rings is 1. The summed E-state index contributed by atoms with van der Waals surface area (Å²) in [4.78, 5) is 16.1. The SMILES string of the molecule is O=C(NC[C@H](c1cccnc1)S(=O)(=O)c1ccc(Cl)cc1)C1CC1. The van der Waals surface area contributed by atoms with Gasteiger partial charge in [-0.25, -0.2) is 8.42 Å². The van der Waals surface area contributed by atoms with Crippen molar-refractivity contribution in [3.05, 3.63) is 59.4 Å². The summed E-state index contributed by atoms with van der Waals surface area (Å²) in [5, 5.41) is 2.33. The maximum atomic E-state index is 13.0. The van der Waals surface area contributed by atoms with Crippen LogP contribution in [0.5, 0.6) is 0 Å². The van der Waals surface area contributed by atoms with Gasteiger partial charge in [0, 0.05) is 29.9 Å². The highest BCUT2D eigenvalue weighted by Crippen LogP contribution is 2.31. The first-order valence-electron chi connectivity index (χ1n) is 7.65. The summed E-state index contributed by atoms with van der Waals surface area (Å²) in [5.74, 6) is -0.0621. The number of benzene rings is 1. The van der Waals surface area contributed by atoms with Crippen LogP contribution in [0.2, 0.25) is 5.02 Å². The third-order valence-electron chi connectivity index (χ3n) is 3.98. The molecule has 1 aromatic carbocycles. The number of rotatable bonds is 6. The van der Waals surface area contributed by atoms with E-state index in [1.165, 1.54) is 30.5 Å². The van der Waals surface area contributed by atoms with Gasteiger partial charge in [0.05, 0.1) is 4.90 Å². The molecule has 1 atom stereocenters. The second kappa shape index (κ2) is 6.91. The van der Waals surface area contributed by atoms with Crippen molar-refractivity contribution in [1.29, 1.82) is 0 Å². The van der Waals surface area contributed by atoms with E-state index in [-0.39, 0.29) is 23.3 Å². The topological polar surface area (TPSA) is 76.1 Å². The number of nitrogens with one attached hydrogen (secondary N) is 1. The van der Waals surface area contributed by atoms with Crippen molar-refractivity contribution in [2.45, 2.75) is 23.0 Å². The molecule has 0 unspecified atom stereocenters. The minimum atomic E-state index is -3.69. The van der Waals surface area contributed by atoms with Crippen LogP contribution in [0.3, 0.4) is 0 Å². The summed E-state index contributed by atoms with van der Waals surface area (Å²) < 4.78 is 26.0. The molecule has 1 heterocycles. The molecule has 1 saturated carbocycles. The Kier molecular flexibility index (Phi) is 4.87. The van der Waals surface area contributed by atoms with Crippen LogP contribution in [0.25, 0.3) is 0 Å². The van der Waals surface area contributed by atoms with Crippen molar-refractivity contribution in [2.75, 3.05) is 6.54 Å². The number of hydrogen-bond donors (Lipinski definition) is 1. The second-order valence-corrected chi connectivity index (χ2v) is 8.36. The van der Waals surface area contributed by atoms with Crippen LogP contribution in [-0.4, -0.2) is 25.9 Å². The molecule has 1 fully saturated rings. The van der Waals surface area contributed by atoms with Gasteiger partial charge in [-0.15, -0.1) is 0 Å². The van der Waals surface area contributed by atoms with Crippen LogP contribution >= 0.6 is 11.6 Å². The molecule has 3 rings (SSSR count). The maximum absolute atomic E-state index is 13.0. The van der Waals surface area contributed by atoms with Gasteiger partial charge in [-0.2, -0.15) is 0 Å². The summed E-state index contributed by atoms with van der Waals surface area (Å²) in [7, 11) is -3.69. The van der Waals surface area contributed by atoms with Gasteiger partial charge in [-0.05, 0) is 48.7 Å². The monoisotopic (exact) mass is 364 g/mol. The minimum absolute atomic E-state index is 0.0198. The van der Waals surface area contributed by atoms with Gasteiger partial charge >= 0.3 is 0 Å². The Bertz CT molecular complexity index is 819. The molecule has 5 nitrogen and oxygen atoms in total. The Balaban J connectivity index is 1.90. The van der Waals surface area contributed by atoms with E-state index in [0.717, 1.165) is 12.8 Å². The summed E-state index contributed by atoms with van der Waals surface area (Å²) in [5.41, 5.74) is 0.545. The highest BCUT2D eigenvalue weighted by Gasteiger charge is 2.33. The van der Waals surface area contributed by atoms with E-state index in [2.05, 4.69) is 10.3 Å². The fraction of sp³-hybridized carbons (Fsp3) is 0.294. The molecule has 1 amide bonds. The number of carbonyl (C=O) groups excluding carboxylic acids is 1. The number of sulfone groups is 1. The molecule has 7 heteroatoms. The molecule has 0 spiro atoms. The van der Waals surface area contributed by atoms with Crippen LogP contribution < -0.4 is 5.32 Å². The number of halogens is 1. The smallest absolute Gasteiger partial charge is 0.223 e. The van der Waals surface area contributed by atoms with E-state index < -0.39 is 15.1 Å². The predicted octanol–water partition coefficient (Wildman–Crippen LogP) is 2.78. The van der Waals surface area contributed by atoms with Crippen LogP contribution in [0.4, 0.5) is 0 Å². The Morgan fingerprint density at radius 2 is 1.96 bits per heavy atom. The highest BCUT2D eigenvalue weighted by molar-refractivity contribution is 7.91. The standard InChI is InChI=1S/C17H17ClN2O3S/c18-14-5-7-15(8-6-14)24(22,23)16(13-2-1-9-19-10-13)11-20-17(21)12-3-4-12/h1-2,5-10,12,16H,3-4,11H2,(H,20,21)/t16-/m1/s1. The predicted molar refractivity (Wildman–Crippen MR) is 91.3 cm³/mol. The molecule has 0 bridgehead atoms. The third-order valence-corrected chi connectivity index (χ3v) is 6.35. The second-order valence-electron chi connectivity index (χ2n) is 5.79. The summed E-state index contributed by atoms with van der Waals surface area (Å²) in [6.45, 7) is 0.0198. The van der Waals surface area contributed by atoms with Gasteiger partial charge in [-0.1, -0.05) is 17.7 Å². The number of nitrogens with zero attached hydrogens (tertiary/aromatic N) is 1. The van der Waals surface area contributed by atoms with Crippen molar-refractivity contribution < 1.29 is 13.2 Å². The van der Waals surface area contributed by atoms with Crippen LogP contribution in [0.1, 0.15) is 23.7 Å². The zero-order valence-corrected chi connectivity index (χ0v) is 14.4. The first kappa shape index (κ1) is 16.9. The van der Waals surface area contributed by atoms with E-state index in [1.807, 2.05) is 0 Å². The Morgan fingerprint density at radius 1 is 1.25 bits per heavy atom. The first-order chi connectivity index (χ1) is 11.5. The molecule has 1 aliphatic rings. The Morgan fingerprint density at radius 3 is 2.54 bits per heavy atom. The third kappa shape index (κ3) is 3.76. The van der Waals surface area contributed by atoms with Crippen LogP contribution in [0, 0.1) is 5.92 Å². The van der Waals surface area contributed by atoms with Gasteiger partial charge in [0.1, 0.15) is 5.25 Å². The minimum Gasteiger partial charge on any atom is -0.354 e. The van der Waals surface area contributed by atoms with Crippen molar-refractivity contribution in [2.24, 2.45) is 5.92 Å². The molecule has 2 aromatic rings. The number of aromatic nitrogens is 1. The van der Waals surface area contributed by atoms with Crippen molar-refractivity contribution >= 4 is 27.3 Å². The van der Waals surface area contributed by atoms with Gasteiger partial charge in [0.25, 0.3) is 0 Å². The van der Waals surface area contributed by atoms with Gasteiger partial charge in [0.2, 0.25) is 5.91 Å². The lowest BCUT2D eigenvalue weighted by Crippen LogP contribution is -2.32. The molecule has 1 N–H and O–H groups in total. The van der Waals surface area contributed by atoms with E-state index in [0.29, 0.717) is 10.6 Å². The quantitative estimate of drug-likeness (QED) is 0.855. The number of hydrogen-bond acceptors (Lipinski definition) is 4. The average molecular weight is 365 g/mol. The molecular weight excluding hydrogens is 348 g/mol. The molecule has 24 heavy (non-hydrogen) atoms. The first-order valence-corrected chi connectivity index (χ1v) is 9.58.